The number of rotatable bonds is 5. The number of carbonyl (C=O) groups excluding carboxylic acids is 1. The largest absolute Gasteiger partial charge is 0.355 e. The Labute approximate surface area is 177 Å². The topological polar surface area (TPSA) is 51.9 Å². The third kappa shape index (κ3) is 3.77. The minimum Gasteiger partial charge on any atom is -0.291 e. The number of nitrogens with two attached hydrogens (primary N) is 1. The van der Waals surface area contributed by atoms with E-state index in [9.17, 15) is 4.79 Å². The number of hydrogen-bond donors (Lipinski definition) is 1. The van der Waals surface area contributed by atoms with E-state index in [0.717, 1.165) is 22.4 Å². The van der Waals surface area contributed by atoms with Gasteiger partial charge in [-0.15, -0.1) is 0 Å². The van der Waals surface area contributed by atoms with Gasteiger partial charge in [0.2, 0.25) is 0 Å². The second-order valence-electron chi connectivity index (χ2n) is 7.73. The summed E-state index contributed by atoms with van der Waals surface area (Å²) in [7, 11) is 1.93. The average Bonchev–Trinajstić information content (AvgIpc) is 3.05. The highest BCUT2D eigenvalue weighted by Gasteiger charge is 2.20. The molecule has 3 aromatic carbocycles. The minimum atomic E-state index is 0.0311. The number of Topliss-reactive ketones (excluding diaryl/α,β-unsaturated/α-hetero) is 1. The predicted molar refractivity (Wildman–Crippen MR) is 121 cm³/mol. The lowest BCUT2D eigenvalue weighted by Crippen LogP contribution is -2.39. The second-order valence-corrected chi connectivity index (χ2v) is 7.73. The molecule has 0 amide bonds. The number of hydrogen-bond acceptors (Lipinski definition) is 2. The summed E-state index contributed by atoms with van der Waals surface area (Å²) in [6.45, 7) is 4.40. The summed E-state index contributed by atoms with van der Waals surface area (Å²) in [4.78, 5) is 12.9. The molecule has 0 saturated carbocycles. The summed E-state index contributed by atoms with van der Waals surface area (Å²) in [5.41, 5.74) is 13.8. The Morgan fingerprint density at radius 3 is 2.17 bits per heavy atom. The van der Waals surface area contributed by atoms with Gasteiger partial charge < -0.3 is 0 Å². The molecule has 4 nitrogen and oxygen atoms in total. The van der Waals surface area contributed by atoms with E-state index < -0.39 is 0 Å². The van der Waals surface area contributed by atoms with Gasteiger partial charge in [-0.1, -0.05) is 66.7 Å². The first-order valence-corrected chi connectivity index (χ1v) is 10.0. The Kier molecular flexibility index (Phi) is 5.23. The molecule has 0 radical (unpaired) electrons. The summed E-state index contributed by atoms with van der Waals surface area (Å²) >= 11 is 0. The van der Waals surface area contributed by atoms with Crippen LogP contribution in [0.3, 0.4) is 0 Å². The maximum absolute atomic E-state index is 12.9. The zero-order chi connectivity index (χ0) is 21.3. The SMILES string of the molecule is Cc1ccc(-c2c[n+](CC(=O)c3ccc(-c4ccccc4)cc3)c(N)n2C)cc1C. The van der Waals surface area contributed by atoms with E-state index in [1.165, 1.54) is 11.1 Å². The summed E-state index contributed by atoms with van der Waals surface area (Å²) in [6, 6.07) is 24.2. The lowest BCUT2D eigenvalue weighted by Gasteiger charge is -2.04. The van der Waals surface area contributed by atoms with Crippen molar-refractivity contribution in [2.75, 3.05) is 5.73 Å². The highest BCUT2D eigenvalue weighted by molar-refractivity contribution is 5.95. The zero-order valence-corrected chi connectivity index (χ0v) is 17.6. The van der Waals surface area contributed by atoms with Gasteiger partial charge in [0.1, 0.15) is 18.4 Å². The van der Waals surface area contributed by atoms with Crippen LogP contribution in [0.4, 0.5) is 5.95 Å². The van der Waals surface area contributed by atoms with Crippen LogP contribution in [0, 0.1) is 13.8 Å². The predicted octanol–water partition coefficient (Wildman–Crippen LogP) is 4.73. The monoisotopic (exact) mass is 396 g/mol. The molecule has 0 aliphatic heterocycles. The van der Waals surface area contributed by atoms with Gasteiger partial charge in [-0.05, 0) is 42.2 Å². The molecular formula is C26H26N3O+. The van der Waals surface area contributed by atoms with Crippen LogP contribution in [0.2, 0.25) is 0 Å². The quantitative estimate of drug-likeness (QED) is 0.392. The van der Waals surface area contributed by atoms with Crippen molar-refractivity contribution in [2.24, 2.45) is 7.05 Å². The normalized spacial score (nSPS) is 10.9. The lowest BCUT2D eigenvalue weighted by molar-refractivity contribution is -0.667. The van der Waals surface area contributed by atoms with Crippen molar-refractivity contribution in [1.82, 2.24) is 4.57 Å². The molecular weight excluding hydrogens is 370 g/mol. The van der Waals surface area contributed by atoms with E-state index in [4.69, 9.17) is 5.73 Å². The number of nitrogens with zero attached hydrogens (tertiary/aromatic N) is 2. The molecule has 0 unspecified atom stereocenters. The van der Waals surface area contributed by atoms with Crippen molar-refractivity contribution in [2.45, 2.75) is 20.4 Å². The third-order valence-electron chi connectivity index (χ3n) is 5.71. The molecule has 0 saturated heterocycles. The molecule has 30 heavy (non-hydrogen) atoms. The fourth-order valence-electron chi connectivity index (χ4n) is 3.64. The van der Waals surface area contributed by atoms with E-state index in [0.29, 0.717) is 11.5 Å². The fraction of sp³-hybridized carbons (Fsp3) is 0.154. The first-order chi connectivity index (χ1) is 14.4. The van der Waals surface area contributed by atoms with Gasteiger partial charge in [-0.3, -0.25) is 10.5 Å². The van der Waals surface area contributed by atoms with Gasteiger partial charge in [0.25, 0.3) is 0 Å². The van der Waals surface area contributed by atoms with Gasteiger partial charge in [0.05, 0.1) is 7.05 Å². The highest BCUT2D eigenvalue weighted by Crippen LogP contribution is 2.23. The Morgan fingerprint density at radius 2 is 1.50 bits per heavy atom. The minimum absolute atomic E-state index is 0.0311. The van der Waals surface area contributed by atoms with Crippen LogP contribution in [0.25, 0.3) is 22.4 Å². The van der Waals surface area contributed by atoms with Crippen LogP contribution >= 0.6 is 0 Å². The molecule has 0 fully saturated rings. The number of aromatic nitrogens is 2. The molecule has 0 atom stereocenters. The summed E-state index contributed by atoms with van der Waals surface area (Å²) in [5, 5.41) is 0. The Balaban J connectivity index is 1.57. The standard InChI is InChI=1S/C26H25N3O/c1-18-9-10-23(15-19(18)2)24-16-29(26(27)28(24)3)17-25(30)22-13-11-21(12-14-22)20-7-5-4-6-8-20/h4-16,27H,17H2,1-3H3/p+1. The van der Waals surface area contributed by atoms with E-state index in [-0.39, 0.29) is 12.3 Å². The van der Waals surface area contributed by atoms with Crippen molar-refractivity contribution in [3.8, 4) is 22.4 Å². The van der Waals surface area contributed by atoms with Crippen molar-refractivity contribution in [3.05, 3.63) is 95.7 Å². The van der Waals surface area contributed by atoms with Gasteiger partial charge in [0, 0.05) is 11.1 Å². The van der Waals surface area contributed by atoms with Crippen molar-refractivity contribution in [3.63, 3.8) is 0 Å². The molecule has 1 heterocycles. The fourth-order valence-corrected chi connectivity index (χ4v) is 3.64. The van der Waals surface area contributed by atoms with Crippen LogP contribution in [0.5, 0.6) is 0 Å². The van der Waals surface area contributed by atoms with E-state index >= 15 is 0 Å². The van der Waals surface area contributed by atoms with Crippen LogP contribution in [0.15, 0.2) is 79.0 Å². The zero-order valence-electron chi connectivity index (χ0n) is 17.6. The van der Waals surface area contributed by atoms with Gasteiger partial charge in [-0.2, -0.15) is 0 Å². The number of nitrogen functional groups attached to an aromatic ring is 1. The van der Waals surface area contributed by atoms with Crippen molar-refractivity contribution >= 4 is 11.7 Å². The number of benzene rings is 3. The summed E-state index contributed by atoms with van der Waals surface area (Å²) in [6.07, 6.45) is 1.95. The average molecular weight is 397 g/mol. The second kappa shape index (κ2) is 7.99. The smallest absolute Gasteiger partial charge is 0.291 e. The van der Waals surface area contributed by atoms with Gasteiger partial charge in [-0.25, -0.2) is 9.13 Å². The molecule has 0 aliphatic carbocycles. The van der Waals surface area contributed by atoms with E-state index in [2.05, 4.69) is 44.2 Å². The molecule has 4 aromatic rings. The number of anilines is 1. The number of imidazole rings is 1. The number of aryl methyl sites for hydroxylation is 2. The molecule has 4 heteroatoms. The van der Waals surface area contributed by atoms with E-state index in [1.807, 2.05) is 64.8 Å². The molecule has 0 spiro atoms. The first kappa shape index (κ1) is 19.6. The maximum Gasteiger partial charge on any atom is 0.355 e. The third-order valence-corrected chi connectivity index (χ3v) is 5.71. The Bertz CT molecular complexity index is 1210. The molecule has 0 aliphatic rings. The van der Waals surface area contributed by atoms with Crippen LogP contribution in [0.1, 0.15) is 21.5 Å². The van der Waals surface area contributed by atoms with Crippen LogP contribution in [-0.2, 0) is 13.6 Å². The number of ketones is 1. The highest BCUT2D eigenvalue weighted by atomic mass is 16.1. The van der Waals surface area contributed by atoms with Crippen LogP contribution in [-0.4, -0.2) is 10.4 Å². The van der Waals surface area contributed by atoms with Crippen molar-refractivity contribution < 1.29 is 9.36 Å². The first-order valence-electron chi connectivity index (χ1n) is 10.0. The number of carbonyl (C=O) groups is 1. The molecule has 0 bridgehead atoms. The molecule has 150 valence electrons. The van der Waals surface area contributed by atoms with Crippen LogP contribution < -0.4 is 10.3 Å². The summed E-state index contributed by atoms with van der Waals surface area (Å²) in [5.74, 6) is 0.584. The Hall–Kier alpha value is -3.66. The Morgan fingerprint density at radius 1 is 0.867 bits per heavy atom. The molecule has 2 N–H and O–H groups in total. The summed E-state index contributed by atoms with van der Waals surface area (Å²) < 4.78 is 3.74. The molecule has 4 rings (SSSR count). The molecule has 1 aromatic heterocycles. The van der Waals surface area contributed by atoms with Gasteiger partial charge in [0.15, 0.2) is 5.78 Å². The van der Waals surface area contributed by atoms with E-state index in [1.54, 1.807) is 0 Å². The van der Waals surface area contributed by atoms with Crippen molar-refractivity contribution in [1.29, 1.82) is 0 Å². The lowest BCUT2D eigenvalue weighted by atomic mass is 10.0. The van der Waals surface area contributed by atoms with Gasteiger partial charge >= 0.3 is 5.95 Å². The maximum atomic E-state index is 12.9.